The highest BCUT2D eigenvalue weighted by molar-refractivity contribution is 14.0. The minimum atomic E-state index is -0.216. The third-order valence-electron chi connectivity index (χ3n) is 3.64. The minimum Gasteiger partial charge on any atom is -0.357 e. The fourth-order valence-electron chi connectivity index (χ4n) is 2.46. The van der Waals surface area contributed by atoms with Crippen LogP contribution in [0.5, 0.6) is 0 Å². The summed E-state index contributed by atoms with van der Waals surface area (Å²) in [5.41, 5.74) is -0.216. The second-order valence-electron chi connectivity index (χ2n) is 7.12. The third kappa shape index (κ3) is 10.8. The summed E-state index contributed by atoms with van der Waals surface area (Å²) in [5.74, 6) is 1.36. The average Bonchev–Trinajstić information content (AvgIpc) is 2.42. The van der Waals surface area contributed by atoms with Gasteiger partial charge in [-0.15, -0.1) is 24.0 Å². The van der Waals surface area contributed by atoms with Gasteiger partial charge in [0, 0.05) is 18.6 Å². The van der Waals surface area contributed by atoms with Crippen LogP contribution in [0.25, 0.3) is 0 Å². The molecule has 1 aliphatic rings. The molecule has 6 nitrogen and oxygen atoms in total. The highest BCUT2D eigenvalue weighted by atomic mass is 127. The Morgan fingerprint density at radius 2 is 1.83 bits per heavy atom. The molecular weight excluding hydrogens is 405 g/mol. The van der Waals surface area contributed by atoms with Gasteiger partial charge in [0.2, 0.25) is 5.91 Å². The van der Waals surface area contributed by atoms with Crippen molar-refractivity contribution < 1.29 is 4.79 Å². The first kappa shape index (κ1) is 22.4. The van der Waals surface area contributed by atoms with Gasteiger partial charge in [-0.3, -0.25) is 4.79 Å². The number of rotatable bonds is 5. The number of hydrogen-bond acceptors (Lipinski definition) is 3. The molecule has 1 fully saturated rings. The molecule has 7 heteroatoms. The van der Waals surface area contributed by atoms with E-state index in [-0.39, 0.29) is 42.0 Å². The van der Waals surface area contributed by atoms with Gasteiger partial charge >= 0.3 is 0 Å². The molecule has 3 N–H and O–H groups in total. The van der Waals surface area contributed by atoms with Gasteiger partial charge < -0.3 is 20.9 Å². The Kier molecular flexibility index (Phi) is 10.8. The lowest BCUT2D eigenvalue weighted by atomic mass is 9.97. The van der Waals surface area contributed by atoms with Crippen molar-refractivity contribution in [1.29, 1.82) is 0 Å². The van der Waals surface area contributed by atoms with Gasteiger partial charge in [0.15, 0.2) is 5.96 Å². The Hall–Kier alpha value is -0.570. The summed E-state index contributed by atoms with van der Waals surface area (Å²) in [4.78, 5) is 18.6. The number of hydrogen-bond donors (Lipinski definition) is 3. The fourth-order valence-corrected chi connectivity index (χ4v) is 2.46. The van der Waals surface area contributed by atoms with Crippen molar-refractivity contribution in [3.05, 3.63) is 0 Å². The molecule has 23 heavy (non-hydrogen) atoms. The van der Waals surface area contributed by atoms with Crippen molar-refractivity contribution in [3.63, 3.8) is 0 Å². The quantitative estimate of drug-likeness (QED) is 0.344. The van der Waals surface area contributed by atoms with Crippen LogP contribution in [0.2, 0.25) is 0 Å². The molecule has 1 amide bonds. The van der Waals surface area contributed by atoms with Gasteiger partial charge in [0.25, 0.3) is 0 Å². The summed E-state index contributed by atoms with van der Waals surface area (Å²) < 4.78 is 0. The SMILES string of the molecule is CCNC(=NCC(=O)NC(C)(C)C)NCC1CCN(C)CC1.I. The third-order valence-corrected chi connectivity index (χ3v) is 3.64. The number of carbonyl (C=O) groups excluding carboxylic acids is 1. The molecule has 1 rings (SSSR count). The van der Waals surface area contributed by atoms with E-state index in [9.17, 15) is 4.79 Å². The summed E-state index contributed by atoms with van der Waals surface area (Å²) in [5, 5.41) is 9.48. The molecule has 1 heterocycles. The van der Waals surface area contributed by atoms with E-state index in [4.69, 9.17) is 0 Å². The van der Waals surface area contributed by atoms with E-state index in [2.05, 4.69) is 32.9 Å². The number of amides is 1. The van der Waals surface area contributed by atoms with Gasteiger partial charge in [-0.1, -0.05) is 0 Å². The van der Waals surface area contributed by atoms with Crippen molar-refractivity contribution >= 4 is 35.8 Å². The van der Waals surface area contributed by atoms with Crippen LogP contribution in [0, 0.1) is 5.92 Å². The number of likely N-dealkylation sites (tertiary alicyclic amines) is 1. The zero-order valence-corrected chi connectivity index (χ0v) is 17.6. The van der Waals surface area contributed by atoms with Crippen molar-refractivity contribution in [2.45, 2.75) is 46.1 Å². The number of aliphatic imine (C=N–C) groups is 1. The Morgan fingerprint density at radius 1 is 1.22 bits per heavy atom. The van der Waals surface area contributed by atoms with E-state index in [0.29, 0.717) is 5.92 Å². The van der Waals surface area contributed by atoms with Crippen LogP contribution in [0.3, 0.4) is 0 Å². The number of nitrogens with zero attached hydrogens (tertiary/aromatic N) is 2. The molecule has 1 saturated heterocycles. The molecule has 136 valence electrons. The Balaban J connectivity index is 0.00000484. The van der Waals surface area contributed by atoms with Gasteiger partial charge in [0.05, 0.1) is 0 Å². The summed E-state index contributed by atoms with van der Waals surface area (Å²) >= 11 is 0. The van der Waals surface area contributed by atoms with Gasteiger partial charge in [0.1, 0.15) is 6.54 Å². The molecule has 0 saturated carbocycles. The first-order chi connectivity index (χ1) is 10.3. The van der Waals surface area contributed by atoms with E-state index >= 15 is 0 Å². The first-order valence-electron chi connectivity index (χ1n) is 8.32. The second-order valence-corrected chi connectivity index (χ2v) is 7.12. The molecule has 0 atom stereocenters. The van der Waals surface area contributed by atoms with Crippen LogP contribution >= 0.6 is 24.0 Å². The Bertz CT molecular complexity index is 373. The van der Waals surface area contributed by atoms with Gasteiger partial charge in [-0.2, -0.15) is 0 Å². The summed E-state index contributed by atoms with van der Waals surface area (Å²) in [7, 11) is 2.17. The molecule has 0 aromatic heterocycles. The van der Waals surface area contributed by atoms with Gasteiger partial charge in [-0.05, 0) is 66.6 Å². The van der Waals surface area contributed by atoms with Crippen LogP contribution < -0.4 is 16.0 Å². The monoisotopic (exact) mass is 439 g/mol. The van der Waals surface area contributed by atoms with Crippen molar-refractivity contribution in [3.8, 4) is 0 Å². The number of piperidine rings is 1. The molecule has 0 unspecified atom stereocenters. The summed E-state index contributed by atoms with van der Waals surface area (Å²) in [6.45, 7) is 12.1. The molecule has 0 aliphatic carbocycles. The summed E-state index contributed by atoms with van der Waals surface area (Å²) in [6.07, 6.45) is 2.43. The topological polar surface area (TPSA) is 68.8 Å². The van der Waals surface area contributed by atoms with Gasteiger partial charge in [-0.25, -0.2) is 4.99 Å². The predicted molar refractivity (Wildman–Crippen MR) is 108 cm³/mol. The van der Waals surface area contributed by atoms with Crippen LogP contribution in [0.15, 0.2) is 4.99 Å². The smallest absolute Gasteiger partial charge is 0.242 e. The van der Waals surface area contributed by atoms with E-state index in [1.54, 1.807) is 0 Å². The van der Waals surface area contributed by atoms with Crippen LogP contribution in [0.1, 0.15) is 40.5 Å². The molecule has 0 radical (unpaired) electrons. The lowest BCUT2D eigenvalue weighted by Gasteiger charge is -2.29. The van der Waals surface area contributed by atoms with E-state index in [1.807, 2.05) is 27.7 Å². The van der Waals surface area contributed by atoms with Crippen molar-refractivity contribution in [2.24, 2.45) is 10.9 Å². The van der Waals surface area contributed by atoms with E-state index < -0.39 is 0 Å². The lowest BCUT2D eigenvalue weighted by Crippen LogP contribution is -2.44. The average molecular weight is 439 g/mol. The fraction of sp³-hybridized carbons (Fsp3) is 0.875. The number of carbonyl (C=O) groups is 1. The molecule has 0 spiro atoms. The molecule has 0 aromatic rings. The standard InChI is InChI=1S/C16H33N5O.HI/c1-6-17-15(19-12-14(22)20-16(2,3)4)18-11-13-7-9-21(5)10-8-13;/h13H,6-12H2,1-5H3,(H,20,22)(H2,17,18,19);1H. The maximum absolute atomic E-state index is 11.8. The molecule has 1 aliphatic heterocycles. The number of halogens is 1. The zero-order chi connectivity index (χ0) is 16.6. The maximum atomic E-state index is 11.8. The van der Waals surface area contributed by atoms with Crippen LogP contribution in [-0.2, 0) is 4.79 Å². The minimum absolute atomic E-state index is 0. The lowest BCUT2D eigenvalue weighted by molar-refractivity contribution is -0.121. The van der Waals surface area contributed by atoms with Crippen LogP contribution in [-0.4, -0.2) is 62.1 Å². The maximum Gasteiger partial charge on any atom is 0.242 e. The number of guanidine groups is 1. The van der Waals surface area contributed by atoms with E-state index in [1.165, 1.54) is 12.8 Å². The normalized spacial score (nSPS) is 17.3. The van der Waals surface area contributed by atoms with Crippen molar-refractivity contribution in [2.75, 3.05) is 39.8 Å². The van der Waals surface area contributed by atoms with Crippen LogP contribution in [0.4, 0.5) is 0 Å². The molecule has 0 bridgehead atoms. The number of nitrogens with one attached hydrogen (secondary N) is 3. The molecule has 0 aromatic carbocycles. The predicted octanol–water partition coefficient (Wildman–Crippen LogP) is 1.42. The highest BCUT2D eigenvalue weighted by Gasteiger charge is 2.17. The highest BCUT2D eigenvalue weighted by Crippen LogP contribution is 2.14. The Labute approximate surface area is 158 Å². The summed E-state index contributed by atoms with van der Waals surface area (Å²) in [6, 6.07) is 0. The largest absolute Gasteiger partial charge is 0.357 e. The molecular formula is C16H34IN5O. The van der Waals surface area contributed by atoms with Crippen molar-refractivity contribution in [1.82, 2.24) is 20.9 Å². The second kappa shape index (κ2) is 11.1. The van der Waals surface area contributed by atoms with E-state index in [0.717, 1.165) is 32.1 Å². The Morgan fingerprint density at radius 3 is 2.35 bits per heavy atom. The first-order valence-corrected chi connectivity index (χ1v) is 8.32. The zero-order valence-electron chi connectivity index (χ0n) is 15.2.